The Balaban J connectivity index is 0.00000242. The largest absolute Gasteiger partial charge is 0.484 e. The molecule has 0 radical (unpaired) electrons. The molecule has 0 aliphatic carbocycles. The molecule has 1 aliphatic rings. The Kier molecular flexibility index (Phi) is 6.49. The van der Waals surface area contributed by atoms with Gasteiger partial charge in [-0.15, -0.1) is 12.4 Å². The zero-order valence-corrected chi connectivity index (χ0v) is 12.8. The van der Waals surface area contributed by atoms with Crippen LogP contribution >= 0.6 is 12.4 Å². The first-order chi connectivity index (χ1) is 9.87. The summed E-state index contributed by atoms with van der Waals surface area (Å²) in [4.78, 5) is 12.0. The molecule has 1 aromatic carbocycles. The van der Waals surface area contributed by atoms with Gasteiger partial charge in [0.1, 0.15) is 5.75 Å². The molecule has 0 saturated carbocycles. The predicted molar refractivity (Wildman–Crippen MR) is 79.6 cm³/mol. The zero-order chi connectivity index (χ0) is 15.5. The van der Waals surface area contributed by atoms with Crippen LogP contribution in [0.15, 0.2) is 18.2 Å². The van der Waals surface area contributed by atoms with Gasteiger partial charge < -0.3 is 15.4 Å². The number of carbonyl (C=O) groups excluding carboxylic acids is 1. The lowest BCUT2D eigenvalue weighted by atomic mass is 10.1. The van der Waals surface area contributed by atoms with Crippen LogP contribution in [0.2, 0.25) is 0 Å². The first-order valence-electron chi connectivity index (χ1n) is 6.67. The fourth-order valence-electron chi connectivity index (χ4n) is 2.18. The predicted octanol–water partition coefficient (Wildman–Crippen LogP) is 2.91. The Hall–Kier alpha value is -1.47. The van der Waals surface area contributed by atoms with E-state index >= 15 is 0 Å². The second-order valence-electron chi connectivity index (χ2n) is 5.01. The second-order valence-corrected chi connectivity index (χ2v) is 5.01. The molecule has 8 heteroatoms. The topological polar surface area (TPSA) is 50.4 Å². The number of halogens is 4. The molecule has 1 saturated heterocycles. The maximum absolute atomic E-state index is 12.2. The molecular formula is C14H18ClF3N2O2. The molecule has 1 atom stereocenters. The van der Waals surface area contributed by atoms with Crippen LogP contribution in [0.4, 0.5) is 18.9 Å². The lowest BCUT2D eigenvalue weighted by Crippen LogP contribution is -2.25. The summed E-state index contributed by atoms with van der Waals surface area (Å²) in [5.41, 5.74) is 0.965. The molecule has 4 nitrogen and oxygen atoms in total. The number of rotatable bonds is 4. The monoisotopic (exact) mass is 338 g/mol. The van der Waals surface area contributed by atoms with Crippen LogP contribution in [0.1, 0.15) is 12.0 Å². The summed E-state index contributed by atoms with van der Waals surface area (Å²) in [6, 6.07) is 4.66. The van der Waals surface area contributed by atoms with E-state index in [0.717, 1.165) is 13.0 Å². The Morgan fingerprint density at radius 3 is 2.77 bits per heavy atom. The fourth-order valence-corrected chi connectivity index (χ4v) is 2.18. The van der Waals surface area contributed by atoms with Gasteiger partial charge in [0.15, 0.2) is 6.61 Å². The van der Waals surface area contributed by atoms with Crippen molar-refractivity contribution < 1.29 is 22.7 Å². The molecule has 124 valence electrons. The quantitative estimate of drug-likeness (QED) is 0.887. The molecule has 1 unspecified atom stereocenters. The summed E-state index contributed by atoms with van der Waals surface area (Å²) >= 11 is 0. The highest BCUT2D eigenvalue weighted by Gasteiger charge is 2.29. The van der Waals surface area contributed by atoms with Gasteiger partial charge in [-0.3, -0.25) is 4.79 Å². The average Bonchev–Trinajstić information content (AvgIpc) is 2.92. The molecule has 2 N–H and O–H groups in total. The highest BCUT2D eigenvalue weighted by atomic mass is 35.5. The first kappa shape index (κ1) is 18.6. The van der Waals surface area contributed by atoms with Crippen LogP contribution in [-0.2, 0) is 4.79 Å². The molecule has 2 rings (SSSR count). The van der Waals surface area contributed by atoms with Crippen LogP contribution in [0, 0.1) is 12.8 Å². The normalized spacial score (nSPS) is 17.7. The van der Waals surface area contributed by atoms with Crippen molar-refractivity contribution in [3.8, 4) is 5.75 Å². The lowest BCUT2D eigenvalue weighted by molar-refractivity contribution is -0.153. The summed E-state index contributed by atoms with van der Waals surface area (Å²) in [6.45, 7) is 1.69. The number of carbonyl (C=O) groups is 1. The van der Waals surface area contributed by atoms with E-state index in [2.05, 4.69) is 10.6 Å². The van der Waals surface area contributed by atoms with Gasteiger partial charge in [0.25, 0.3) is 0 Å². The Morgan fingerprint density at radius 1 is 1.45 bits per heavy atom. The standard InChI is InChI=1S/C14H17F3N2O2.ClH/c1-9-11(19-13(20)10-5-6-18-7-10)3-2-4-12(9)21-8-14(15,16)17;/h2-4,10,18H,5-8H2,1H3,(H,19,20);1H. The molecule has 0 bridgehead atoms. The summed E-state index contributed by atoms with van der Waals surface area (Å²) in [6.07, 6.45) is -3.63. The molecule has 1 fully saturated rings. The van der Waals surface area contributed by atoms with Crippen molar-refractivity contribution in [2.45, 2.75) is 19.5 Å². The number of alkyl halides is 3. The molecule has 0 aromatic heterocycles. The average molecular weight is 339 g/mol. The van der Waals surface area contributed by atoms with Crippen molar-refractivity contribution in [2.24, 2.45) is 5.92 Å². The van der Waals surface area contributed by atoms with E-state index in [-0.39, 0.29) is 30.0 Å². The summed E-state index contributed by atoms with van der Waals surface area (Å²) < 4.78 is 41.3. The molecule has 1 aromatic rings. The Labute approximate surface area is 132 Å². The third kappa shape index (κ3) is 5.06. The van der Waals surface area contributed by atoms with E-state index < -0.39 is 12.8 Å². The summed E-state index contributed by atoms with van der Waals surface area (Å²) in [5, 5.41) is 5.84. The van der Waals surface area contributed by atoms with Crippen LogP contribution < -0.4 is 15.4 Å². The molecule has 0 spiro atoms. The highest BCUT2D eigenvalue weighted by molar-refractivity contribution is 5.93. The number of hydrogen-bond donors (Lipinski definition) is 2. The van der Waals surface area contributed by atoms with Gasteiger partial charge in [0.2, 0.25) is 5.91 Å². The SMILES string of the molecule is Cc1c(NC(=O)C2CCNC2)cccc1OCC(F)(F)F.Cl. The Bertz CT molecular complexity index is 517. The van der Waals surface area contributed by atoms with E-state index in [1.165, 1.54) is 6.07 Å². The van der Waals surface area contributed by atoms with Gasteiger partial charge in [-0.2, -0.15) is 13.2 Å². The number of benzene rings is 1. The number of amides is 1. The molecule has 1 heterocycles. The van der Waals surface area contributed by atoms with Gasteiger partial charge in [0, 0.05) is 17.8 Å². The van der Waals surface area contributed by atoms with Crippen LogP contribution in [0.5, 0.6) is 5.75 Å². The lowest BCUT2D eigenvalue weighted by Gasteiger charge is -2.16. The Morgan fingerprint density at radius 2 is 2.18 bits per heavy atom. The van der Waals surface area contributed by atoms with Crippen molar-refractivity contribution in [1.82, 2.24) is 5.32 Å². The molecule has 1 aliphatic heterocycles. The van der Waals surface area contributed by atoms with Crippen LogP contribution in [0.25, 0.3) is 0 Å². The van der Waals surface area contributed by atoms with E-state index in [9.17, 15) is 18.0 Å². The maximum atomic E-state index is 12.2. The third-order valence-electron chi connectivity index (χ3n) is 3.36. The van der Waals surface area contributed by atoms with Gasteiger partial charge in [0.05, 0.1) is 5.92 Å². The van der Waals surface area contributed by atoms with E-state index in [4.69, 9.17) is 4.74 Å². The van der Waals surface area contributed by atoms with Crippen LogP contribution in [-0.4, -0.2) is 31.8 Å². The van der Waals surface area contributed by atoms with Crippen molar-refractivity contribution >= 4 is 24.0 Å². The van der Waals surface area contributed by atoms with Crippen molar-refractivity contribution in [1.29, 1.82) is 0 Å². The number of hydrogen-bond acceptors (Lipinski definition) is 3. The van der Waals surface area contributed by atoms with Crippen molar-refractivity contribution in [3.05, 3.63) is 23.8 Å². The summed E-state index contributed by atoms with van der Waals surface area (Å²) in [7, 11) is 0. The van der Waals surface area contributed by atoms with Crippen molar-refractivity contribution in [3.63, 3.8) is 0 Å². The maximum Gasteiger partial charge on any atom is 0.422 e. The minimum absolute atomic E-state index is 0. The van der Waals surface area contributed by atoms with E-state index in [1.807, 2.05) is 0 Å². The minimum Gasteiger partial charge on any atom is -0.484 e. The van der Waals surface area contributed by atoms with E-state index in [0.29, 0.717) is 17.8 Å². The number of anilines is 1. The van der Waals surface area contributed by atoms with E-state index in [1.54, 1.807) is 19.1 Å². The molecular weight excluding hydrogens is 321 g/mol. The van der Waals surface area contributed by atoms with Gasteiger partial charge in [-0.05, 0) is 32.0 Å². The second kappa shape index (κ2) is 7.69. The number of ether oxygens (including phenoxy) is 1. The highest BCUT2D eigenvalue weighted by Crippen LogP contribution is 2.28. The third-order valence-corrected chi connectivity index (χ3v) is 3.36. The van der Waals surface area contributed by atoms with Gasteiger partial charge >= 0.3 is 6.18 Å². The van der Waals surface area contributed by atoms with Crippen LogP contribution in [0.3, 0.4) is 0 Å². The zero-order valence-electron chi connectivity index (χ0n) is 12.0. The minimum atomic E-state index is -4.39. The van der Waals surface area contributed by atoms with Crippen molar-refractivity contribution in [2.75, 3.05) is 25.0 Å². The van der Waals surface area contributed by atoms with Gasteiger partial charge in [-0.1, -0.05) is 6.07 Å². The molecule has 22 heavy (non-hydrogen) atoms. The smallest absolute Gasteiger partial charge is 0.422 e. The fraction of sp³-hybridized carbons (Fsp3) is 0.500. The molecule has 1 amide bonds. The number of nitrogens with one attached hydrogen (secondary N) is 2. The van der Waals surface area contributed by atoms with Gasteiger partial charge in [-0.25, -0.2) is 0 Å². The summed E-state index contributed by atoms with van der Waals surface area (Å²) in [5.74, 6) is -0.116. The first-order valence-corrected chi connectivity index (χ1v) is 6.67.